The summed E-state index contributed by atoms with van der Waals surface area (Å²) in [5, 5.41) is 1.29. The lowest BCUT2D eigenvalue weighted by Gasteiger charge is -2.37. The number of ether oxygens (including phenoxy) is 1. The van der Waals surface area contributed by atoms with Crippen LogP contribution in [0.3, 0.4) is 0 Å². The van der Waals surface area contributed by atoms with Crippen LogP contribution in [0.1, 0.15) is 31.9 Å². The first-order valence-corrected chi connectivity index (χ1v) is 6.07. The SMILES string of the molecule is CC1(C)CC(N)c2c(Cl)c(Cl)cc(Cl)c2O1. The molecule has 0 amide bonds. The summed E-state index contributed by atoms with van der Waals surface area (Å²) in [5.41, 5.74) is 6.45. The maximum absolute atomic E-state index is 6.12. The number of hydrogen-bond acceptors (Lipinski definition) is 2. The summed E-state index contributed by atoms with van der Waals surface area (Å²) in [6.45, 7) is 3.93. The lowest BCUT2D eigenvalue weighted by Crippen LogP contribution is -2.37. The molecule has 0 saturated carbocycles. The molecule has 0 saturated heterocycles. The minimum absolute atomic E-state index is 0.206. The second kappa shape index (κ2) is 3.95. The monoisotopic (exact) mass is 279 g/mol. The van der Waals surface area contributed by atoms with Crippen molar-refractivity contribution in [2.24, 2.45) is 5.73 Å². The van der Waals surface area contributed by atoms with Crippen molar-refractivity contribution < 1.29 is 4.74 Å². The van der Waals surface area contributed by atoms with E-state index in [0.717, 1.165) is 0 Å². The second-order valence-corrected chi connectivity index (χ2v) is 5.76. The molecular weight excluding hydrogens is 268 g/mol. The molecule has 5 heteroatoms. The largest absolute Gasteiger partial charge is 0.486 e. The highest BCUT2D eigenvalue weighted by Gasteiger charge is 2.35. The van der Waals surface area contributed by atoms with Crippen molar-refractivity contribution >= 4 is 34.8 Å². The van der Waals surface area contributed by atoms with Crippen molar-refractivity contribution in [2.45, 2.75) is 31.9 Å². The summed E-state index contributed by atoms with van der Waals surface area (Å²) in [5.74, 6) is 0.555. The summed E-state index contributed by atoms with van der Waals surface area (Å²) in [7, 11) is 0. The van der Waals surface area contributed by atoms with E-state index >= 15 is 0 Å². The molecule has 1 aromatic rings. The molecule has 0 bridgehead atoms. The zero-order valence-electron chi connectivity index (χ0n) is 8.98. The lowest BCUT2D eigenvalue weighted by atomic mass is 9.90. The fourth-order valence-corrected chi connectivity index (χ4v) is 2.78. The molecule has 16 heavy (non-hydrogen) atoms. The molecule has 1 aliphatic heterocycles. The molecule has 2 N–H and O–H groups in total. The molecule has 1 aliphatic rings. The Bertz CT molecular complexity index is 445. The molecule has 0 radical (unpaired) electrons. The van der Waals surface area contributed by atoms with Crippen LogP contribution in [0, 0.1) is 0 Å². The van der Waals surface area contributed by atoms with Crippen LogP contribution in [0.25, 0.3) is 0 Å². The molecule has 1 unspecified atom stereocenters. The van der Waals surface area contributed by atoms with Crippen molar-refractivity contribution in [1.29, 1.82) is 0 Å². The summed E-state index contributed by atoms with van der Waals surface area (Å²) in [6, 6.07) is 1.38. The average molecular weight is 281 g/mol. The van der Waals surface area contributed by atoms with E-state index in [9.17, 15) is 0 Å². The van der Waals surface area contributed by atoms with Crippen molar-refractivity contribution in [3.05, 3.63) is 26.7 Å². The molecule has 0 aliphatic carbocycles. The van der Waals surface area contributed by atoms with Crippen LogP contribution in [-0.4, -0.2) is 5.60 Å². The van der Waals surface area contributed by atoms with E-state index in [0.29, 0.717) is 32.8 Å². The van der Waals surface area contributed by atoms with Gasteiger partial charge in [0, 0.05) is 18.0 Å². The molecule has 1 atom stereocenters. The first kappa shape index (κ1) is 12.3. The minimum atomic E-state index is -0.340. The van der Waals surface area contributed by atoms with Gasteiger partial charge in [-0.2, -0.15) is 0 Å². The van der Waals surface area contributed by atoms with Crippen LogP contribution < -0.4 is 10.5 Å². The molecule has 1 aromatic carbocycles. The van der Waals surface area contributed by atoms with Gasteiger partial charge < -0.3 is 10.5 Å². The van der Waals surface area contributed by atoms with Crippen LogP contribution in [0.15, 0.2) is 6.07 Å². The number of nitrogens with two attached hydrogens (primary N) is 1. The third-order valence-corrected chi connectivity index (χ3v) is 3.70. The molecule has 1 heterocycles. The zero-order chi connectivity index (χ0) is 12.1. The van der Waals surface area contributed by atoms with Gasteiger partial charge in [0.25, 0.3) is 0 Å². The summed E-state index contributed by atoms with van der Waals surface area (Å²) in [6.07, 6.45) is 0.677. The van der Waals surface area contributed by atoms with Crippen molar-refractivity contribution in [2.75, 3.05) is 0 Å². The third kappa shape index (κ3) is 2.00. The highest BCUT2D eigenvalue weighted by atomic mass is 35.5. The maximum Gasteiger partial charge on any atom is 0.145 e. The van der Waals surface area contributed by atoms with Gasteiger partial charge in [0.05, 0.1) is 15.1 Å². The summed E-state index contributed by atoms with van der Waals surface area (Å²) in [4.78, 5) is 0. The summed E-state index contributed by atoms with van der Waals surface area (Å²) < 4.78 is 5.80. The van der Waals surface area contributed by atoms with Crippen molar-refractivity contribution in [1.82, 2.24) is 0 Å². The van der Waals surface area contributed by atoms with Crippen molar-refractivity contribution in [3.63, 3.8) is 0 Å². The summed E-state index contributed by atoms with van der Waals surface area (Å²) >= 11 is 18.2. The van der Waals surface area contributed by atoms with E-state index in [1.54, 1.807) is 6.07 Å². The first-order chi connectivity index (χ1) is 7.32. The van der Waals surface area contributed by atoms with Gasteiger partial charge in [-0.1, -0.05) is 34.8 Å². The quantitative estimate of drug-likeness (QED) is 0.723. The second-order valence-electron chi connectivity index (χ2n) is 4.57. The number of fused-ring (bicyclic) bond motifs is 1. The van der Waals surface area contributed by atoms with Gasteiger partial charge in [-0.15, -0.1) is 0 Å². The van der Waals surface area contributed by atoms with E-state index < -0.39 is 0 Å². The molecule has 0 spiro atoms. The Balaban J connectivity index is 2.64. The van der Waals surface area contributed by atoms with Gasteiger partial charge in [0.1, 0.15) is 11.4 Å². The Hall–Kier alpha value is -0.150. The predicted molar refractivity (Wildman–Crippen MR) is 67.7 cm³/mol. The number of halogens is 3. The van der Waals surface area contributed by atoms with Gasteiger partial charge >= 0.3 is 0 Å². The Kier molecular flexibility index (Phi) is 3.04. The normalized spacial score (nSPS) is 22.5. The van der Waals surface area contributed by atoms with E-state index in [-0.39, 0.29) is 11.6 Å². The predicted octanol–water partition coefficient (Wildman–Crippen LogP) is 4.21. The van der Waals surface area contributed by atoms with E-state index in [4.69, 9.17) is 45.3 Å². The fraction of sp³-hybridized carbons (Fsp3) is 0.455. The van der Waals surface area contributed by atoms with E-state index in [2.05, 4.69) is 0 Å². The van der Waals surface area contributed by atoms with Gasteiger partial charge in [0.2, 0.25) is 0 Å². The van der Waals surface area contributed by atoms with Gasteiger partial charge in [-0.05, 0) is 19.9 Å². The van der Waals surface area contributed by atoms with Gasteiger partial charge in [0.15, 0.2) is 0 Å². The van der Waals surface area contributed by atoms with Gasteiger partial charge in [-0.25, -0.2) is 0 Å². The van der Waals surface area contributed by atoms with E-state index in [1.807, 2.05) is 13.8 Å². The smallest absolute Gasteiger partial charge is 0.145 e. The zero-order valence-corrected chi connectivity index (χ0v) is 11.2. The first-order valence-electron chi connectivity index (χ1n) is 4.94. The lowest BCUT2D eigenvalue weighted by molar-refractivity contribution is 0.0731. The molecule has 2 nitrogen and oxygen atoms in total. The maximum atomic E-state index is 6.12. The minimum Gasteiger partial charge on any atom is -0.486 e. The Morgan fingerprint density at radius 3 is 2.56 bits per heavy atom. The Labute approximate surface area is 110 Å². The Morgan fingerprint density at radius 2 is 1.94 bits per heavy atom. The standard InChI is InChI=1S/C11H12Cl3NO/c1-11(2)4-7(15)8-9(14)5(12)3-6(13)10(8)16-11/h3,7H,4,15H2,1-2H3. The third-order valence-electron chi connectivity index (χ3n) is 2.62. The van der Waals surface area contributed by atoms with Crippen LogP contribution in [0.4, 0.5) is 0 Å². The van der Waals surface area contributed by atoms with Crippen LogP contribution in [0.5, 0.6) is 5.75 Å². The fourth-order valence-electron chi connectivity index (χ4n) is 1.98. The number of hydrogen-bond donors (Lipinski definition) is 1. The van der Waals surface area contributed by atoms with E-state index in [1.165, 1.54) is 0 Å². The number of rotatable bonds is 0. The van der Waals surface area contributed by atoms with Gasteiger partial charge in [-0.3, -0.25) is 0 Å². The molecule has 88 valence electrons. The number of benzene rings is 1. The topological polar surface area (TPSA) is 35.2 Å². The molecule has 0 fully saturated rings. The van der Waals surface area contributed by atoms with Crippen molar-refractivity contribution in [3.8, 4) is 5.75 Å². The van der Waals surface area contributed by atoms with Crippen LogP contribution in [0.2, 0.25) is 15.1 Å². The average Bonchev–Trinajstić information content (AvgIpc) is 2.12. The van der Waals surface area contributed by atoms with Crippen LogP contribution >= 0.6 is 34.8 Å². The highest BCUT2D eigenvalue weighted by Crippen LogP contribution is 2.48. The van der Waals surface area contributed by atoms with Crippen LogP contribution in [-0.2, 0) is 0 Å². The Morgan fingerprint density at radius 1 is 1.31 bits per heavy atom. The molecular formula is C11H12Cl3NO. The highest BCUT2D eigenvalue weighted by molar-refractivity contribution is 6.44. The molecule has 2 rings (SSSR count). The molecule has 0 aromatic heterocycles.